The first-order chi connectivity index (χ1) is 19.5. The molecule has 14 heteroatoms. The number of hydrogen-bond acceptors (Lipinski definition) is 9. The summed E-state index contributed by atoms with van der Waals surface area (Å²) in [4.78, 5) is 19.2. The van der Waals surface area contributed by atoms with Gasteiger partial charge >= 0.3 is 6.18 Å². The highest BCUT2D eigenvalue weighted by Gasteiger charge is 2.34. The zero-order chi connectivity index (χ0) is 29.3. The maximum absolute atomic E-state index is 13.7. The van der Waals surface area contributed by atoms with Crippen LogP contribution >= 0.6 is 11.6 Å². The van der Waals surface area contributed by atoms with Crippen molar-refractivity contribution in [2.75, 3.05) is 37.6 Å². The molecule has 3 heterocycles. The minimum absolute atomic E-state index is 0.104. The number of halogens is 4. The Kier molecular flexibility index (Phi) is 7.95. The number of hydrogen-bond donors (Lipinski definition) is 4. The predicted molar refractivity (Wildman–Crippen MR) is 146 cm³/mol. The molecule has 0 saturated carbocycles. The maximum atomic E-state index is 13.7. The lowest BCUT2D eigenvalue weighted by atomic mass is 10.0. The Morgan fingerprint density at radius 2 is 1.95 bits per heavy atom. The van der Waals surface area contributed by atoms with E-state index in [0.717, 1.165) is 17.7 Å². The number of methoxy groups -OCH3 is 2. The second-order valence-corrected chi connectivity index (χ2v) is 9.85. The first-order valence-corrected chi connectivity index (χ1v) is 12.7. The van der Waals surface area contributed by atoms with Crippen LogP contribution in [-0.4, -0.2) is 54.3 Å². The third-order valence-electron chi connectivity index (χ3n) is 6.57. The van der Waals surface area contributed by atoms with Crippen LogP contribution in [0.3, 0.4) is 0 Å². The number of ether oxygens (including phenoxy) is 2. The molecule has 0 atom stereocenters. The molecule has 2 aliphatic heterocycles. The van der Waals surface area contributed by atoms with Crippen LogP contribution in [0.25, 0.3) is 5.70 Å². The topological polar surface area (TPSA) is 111 Å². The normalized spacial score (nSPS) is 15.7. The fraction of sp³-hybridized carbons (Fsp3) is 0.259. The Hall–Kier alpha value is -4.04. The molecule has 41 heavy (non-hydrogen) atoms. The van der Waals surface area contributed by atoms with Crippen LogP contribution in [-0.2, 0) is 12.7 Å². The molecule has 1 fully saturated rings. The van der Waals surface area contributed by atoms with Crippen LogP contribution < -0.4 is 30.8 Å². The van der Waals surface area contributed by atoms with Gasteiger partial charge in [0.25, 0.3) is 5.91 Å². The number of rotatable bonds is 8. The summed E-state index contributed by atoms with van der Waals surface area (Å²) >= 11 is 6.43. The number of hydrazine groups is 2. The summed E-state index contributed by atoms with van der Waals surface area (Å²) < 4.78 is 51.9. The molecule has 5 rings (SSSR count). The number of carbonyl (C=O) groups is 1. The number of nitrogens with zero attached hydrogens (tertiary/aromatic N) is 3. The van der Waals surface area contributed by atoms with E-state index in [1.165, 1.54) is 32.4 Å². The molecule has 0 radical (unpaired) electrons. The van der Waals surface area contributed by atoms with Crippen molar-refractivity contribution in [3.8, 4) is 11.5 Å². The molecule has 3 aromatic rings. The van der Waals surface area contributed by atoms with Gasteiger partial charge in [-0.1, -0.05) is 11.6 Å². The molecule has 4 N–H and O–H groups in total. The molecule has 2 aromatic carbocycles. The van der Waals surface area contributed by atoms with Gasteiger partial charge in [-0.2, -0.15) is 13.2 Å². The van der Waals surface area contributed by atoms with Crippen molar-refractivity contribution in [2.45, 2.75) is 18.8 Å². The third-order valence-corrected chi connectivity index (χ3v) is 6.89. The molecule has 0 aliphatic carbocycles. The summed E-state index contributed by atoms with van der Waals surface area (Å²) in [7, 11) is 2.85. The van der Waals surface area contributed by atoms with Crippen LogP contribution in [0.5, 0.6) is 11.5 Å². The number of aromatic nitrogens is 1. The van der Waals surface area contributed by atoms with Crippen molar-refractivity contribution < 1.29 is 32.5 Å². The van der Waals surface area contributed by atoms with Crippen molar-refractivity contribution in [3.63, 3.8) is 0 Å². The Morgan fingerprint density at radius 1 is 1.17 bits per heavy atom. The van der Waals surface area contributed by atoms with Gasteiger partial charge in [-0.05, 0) is 36.4 Å². The lowest BCUT2D eigenvalue weighted by molar-refractivity contribution is -0.137. The van der Waals surface area contributed by atoms with E-state index in [-0.39, 0.29) is 29.1 Å². The number of amides is 1. The molecule has 1 aromatic heterocycles. The fourth-order valence-corrected chi connectivity index (χ4v) is 4.73. The maximum Gasteiger partial charge on any atom is 0.416 e. The third kappa shape index (κ3) is 6.17. The number of pyridine rings is 1. The summed E-state index contributed by atoms with van der Waals surface area (Å²) in [5, 5.41) is 14.0. The van der Waals surface area contributed by atoms with E-state index >= 15 is 0 Å². The van der Waals surface area contributed by atoms with Crippen LogP contribution in [0.1, 0.15) is 27.0 Å². The Bertz CT molecular complexity index is 1500. The minimum Gasteiger partial charge on any atom is -0.495 e. The summed E-state index contributed by atoms with van der Waals surface area (Å²) in [5.41, 5.74) is 7.03. The number of aliphatic hydroxyl groups excluding tert-OH is 1. The van der Waals surface area contributed by atoms with Gasteiger partial charge in [0.05, 0.1) is 54.2 Å². The van der Waals surface area contributed by atoms with Crippen LogP contribution in [0, 0.1) is 0 Å². The van der Waals surface area contributed by atoms with E-state index in [9.17, 15) is 23.1 Å². The van der Waals surface area contributed by atoms with Gasteiger partial charge in [0.1, 0.15) is 11.5 Å². The van der Waals surface area contributed by atoms with Crippen molar-refractivity contribution in [1.29, 1.82) is 0 Å². The van der Waals surface area contributed by atoms with E-state index < -0.39 is 23.8 Å². The Labute approximate surface area is 238 Å². The second-order valence-electron chi connectivity index (χ2n) is 9.45. The van der Waals surface area contributed by atoms with E-state index in [1.54, 1.807) is 34.6 Å². The molecule has 1 saturated heterocycles. The highest BCUT2D eigenvalue weighted by atomic mass is 35.5. The molecule has 0 unspecified atom stereocenters. The number of benzene rings is 2. The van der Waals surface area contributed by atoms with Gasteiger partial charge in [-0.3, -0.25) is 19.7 Å². The van der Waals surface area contributed by atoms with Gasteiger partial charge in [-0.15, -0.1) is 5.53 Å². The number of aliphatic hydroxyl groups is 1. The van der Waals surface area contributed by atoms with E-state index in [2.05, 4.69) is 21.3 Å². The van der Waals surface area contributed by atoms with Crippen LogP contribution in [0.15, 0.2) is 55.0 Å². The number of β-amino-alcohol motifs (C(OH)–C–C–N with tert-alkyl or cyclic N) is 1. The molecular weight excluding hydrogens is 565 g/mol. The number of anilines is 2. The standard InChI is InChI=1S/C27H26ClF3N6O4/c1-40-20-6-16(9-32-10-20)23-14-37(35-34-23)24-7-15(3-4-21(24)28)26(39)33-22-8-18(27(29,30)31)5-17(25(22)41-2)11-36-12-19(38)13-36/h3-10,14,19,34-35,38H,11-13H2,1-2H3,(H,33,39). The summed E-state index contributed by atoms with van der Waals surface area (Å²) in [6.45, 7) is 0.778. The summed E-state index contributed by atoms with van der Waals surface area (Å²) in [5.74, 6) is 0.00187. The Balaban J connectivity index is 1.42. The molecule has 1 amide bonds. The van der Waals surface area contributed by atoms with Crippen LogP contribution in [0.4, 0.5) is 24.5 Å². The average Bonchev–Trinajstić information content (AvgIpc) is 3.42. The summed E-state index contributed by atoms with van der Waals surface area (Å²) in [6, 6.07) is 8.08. The van der Waals surface area contributed by atoms with Crippen molar-refractivity contribution in [1.82, 2.24) is 20.8 Å². The number of nitrogens with one attached hydrogen (secondary N) is 3. The molecule has 10 nitrogen and oxygen atoms in total. The van der Waals surface area contributed by atoms with Crippen molar-refractivity contribution in [2.24, 2.45) is 0 Å². The molecule has 2 aliphatic rings. The highest BCUT2D eigenvalue weighted by Crippen LogP contribution is 2.39. The lowest BCUT2D eigenvalue weighted by Crippen LogP contribution is -2.49. The van der Waals surface area contributed by atoms with E-state index in [4.69, 9.17) is 21.1 Å². The van der Waals surface area contributed by atoms with E-state index in [0.29, 0.717) is 35.2 Å². The number of carbonyl (C=O) groups excluding carboxylic acids is 1. The van der Waals surface area contributed by atoms with Gasteiger partial charge in [0.15, 0.2) is 0 Å². The lowest BCUT2D eigenvalue weighted by Gasteiger charge is -2.36. The molecular formula is C27H26ClF3N6O4. The quantitative estimate of drug-likeness (QED) is 0.309. The number of alkyl halides is 3. The first kappa shape index (κ1) is 28.5. The SMILES string of the molecule is COc1cncc(C2=CN(c3cc(C(=O)Nc4cc(C(F)(F)F)cc(CN5CC(O)C5)c4OC)ccc3Cl)NN2)c1. The van der Waals surface area contributed by atoms with Crippen LogP contribution in [0.2, 0.25) is 5.02 Å². The molecule has 216 valence electrons. The van der Waals surface area contributed by atoms with Gasteiger partial charge in [-0.25, -0.2) is 0 Å². The zero-order valence-corrected chi connectivity index (χ0v) is 22.7. The highest BCUT2D eigenvalue weighted by molar-refractivity contribution is 6.33. The molecule has 0 spiro atoms. The second kappa shape index (κ2) is 11.4. The zero-order valence-electron chi connectivity index (χ0n) is 21.9. The van der Waals surface area contributed by atoms with Gasteiger partial charge in [0.2, 0.25) is 0 Å². The summed E-state index contributed by atoms with van der Waals surface area (Å²) in [6.07, 6.45) is -0.268. The first-order valence-electron chi connectivity index (χ1n) is 12.4. The fourth-order valence-electron chi connectivity index (χ4n) is 4.52. The smallest absolute Gasteiger partial charge is 0.416 e. The molecule has 0 bridgehead atoms. The van der Waals surface area contributed by atoms with Crippen molar-refractivity contribution >= 4 is 34.6 Å². The van der Waals surface area contributed by atoms with Crippen molar-refractivity contribution in [3.05, 3.63) is 82.3 Å². The number of likely N-dealkylation sites (tertiary alicyclic amines) is 1. The largest absolute Gasteiger partial charge is 0.495 e. The van der Waals surface area contributed by atoms with E-state index in [1.807, 2.05) is 0 Å². The predicted octanol–water partition coefficient (Wildman–Crippen LogP) is 4.03. The Morgan fingerprint density at radius 3 is 2.63 bits per heavy atom. The van der Waals surface area contributed by atoms with Gasteiger partial charge < -0.3 is 25.3 Å². The monoisotopic (exact) mass is 590 g/mol. The average molecular weight is 591 g/mol. The minimum atomic E-state index is -4.65. The van der Waals surface area contributed by atoms with Gasteiger partial charge in [0, 0.05) is 48.7 Å².